The van der Waals surface area contributed by atoms with Gasteiger partial charge in [-0.25, -0.2) is 0 Å². The highest BCUT2D eigenvalue weighted by Crippen LogP contribution is 2.69. The molecule has 2 heterocycles. The van der Waals surface area contributed by atoms with Crippen LogP contribution in [0.1, 0.15) is 79.6 Å². The van der Waals surface area contributed by atoms with E-state index in [0.29, 0.717) is 13.1 Å². The summed E-state index contributed by atoms with van der Waals surface area (Å²) in [4.78, 5) is 0. The first-order valence-corrected chi connectivity index (χ1v) is 12.3. The molecule has 118 valence electrons. The molecular formula is C18H36P2. The van der Waals surface area contributed by atoms with E-state index in [2.05, 4.69) is 34.6 Å². The summed E-state index contributed by atoms with van der Waals surface area (Å²) < 4.78 is 0. The number of hydrogen-bond acceptors (Lipinski definition) is 0. The Labute approximate surface area is 130 Å². The maximum Gasteiger partial charge on any atom is -0.0107 e. The van der Waals surface area contributed by atoms with Crippen molar-refractivity contribution in [3.63, 3.8) is 0 Å². The van der Waals surface area contributed by atoms with Gasteiger partial charge in [0.25, 0.3) is 0 Å². The summed E-state index contributed by atoms with van der Waals surface area (Å²) in [7, 11) is 0.616. The van der Waals surface area contributed by atoms with Crippen LogP contribution in [0.5, 0.6) is 0 Å². The fourth-order valence-corrected chi connectivity index (χ4v) is 13.7. The zero-order valence-electron chi connectivity index (χ0n) is 14.5. The molecule has 0 aromatic carbocycles. The Hall–Kier alpha value is 0.860. The first kappa shape index (κ1) is 17.2. The minimum Gasteiger partial charge on any atom is -0.103 e. The van der Waals surface area contributed by atoms with Crippen molar-refractivity contribution in [1.29, 1.82) is 0 Å². The molecule has 0 amide bonds. The first-order chi connectivity index (χ1) is 9.53. The molecule has 0 bridgehead atoms. The molecule has 2 rings (SSSR count). The molecule has 2 fully saturated rings. The molecule has 0 saturated carbocycles. The van der Waals surface area contributed by atoms with Crippen molar-refractivity contribution < 1.29 is 0 Å². The van der Waals surface area contributed by atoms with Gasteiger partial charge in [-0.2, -0.15) is 0 Å². The van der Waals surface area contributed by atoms with E-state index in [1.807, 2.05) is 0 Å². The second-order valence-corrected chi connectivity index (χ2v) is 13.8. The zero-order chi connectivity index (χ0) is 14.8. The van der Waals surface area contributed by atoms with Crippen LogP contribution in [0.4, 0.5) is 0 Å². The third kappa shape index (κ3) is 3.60. The molecule has 2 aliphatic rings. The molecule has 0 radical (unpaired) electrons. The van der Waals surface area contributed by atoms with E-state index in [0.717, 1.165) is 17.0 Å². The topological polar surface area (TPSA) is 0 Å². The van der Waals surface area contributed by atoms with Gasteiger partial charge >= 0.3 is 0 Å². The standard InChI is InChI=1S/C18H36P2/c1-6-15-10-9-13-19(15)14-18(4,5)20-16(7-2)11-12-17(20)8-3/h15-17H,6-14H2,1-5H3/t15-,16-,17-,19?/m1/s1. The van der Waals surface area contributed by atoms with E-state index >= 15 is 0 Å². The van der Waals surface area contributed by atoms with Crippen molar-refractivity contribution in [2.24, 2.45) is 0 Å². The summed E-state index contributed by atoms with van der Waals surface area (Å²) in [5.41, 5.74) is 3.28. The first-order valence-electron chi connectivity index (χ1n) is 9.06. The molecule has 0 aromatic rings. The molecule has 4 atom stereocenters. The van der Waals surface area contributed by atoms with Gasteiger partial charge in [0.15, 0.2) is 0 Å². The van der Waals surface area contributed by atoms with Crippen LogP contribution in [0.3, 0.4) is 0 Å². The summed E-state index contributed by atoms with van der Waals surface area (Å²) in [6.07, 6.45) is 13.7. The van der Waals surface area contributed by atoms with E-state index < -0.39 is 0 Å². The molecule has 0 aromatic heterocycles. The third-order valence-corrected chi connectivity index (χ3v) is 14.2. The summed E-state index contributed by atoms with van der Waals surface area (Å²) in [6, 6.07) is 0. The van der Waals surface area contributed by atoms with Crippen LogP contribution in [-0.4, -0.2) is 34.5 Å². The average molecular weight is 314 g/mol. The fraction of sp³-hybridized carbons (Fsp3) is 1.00. The SMILES string of the molecule is CC[C@@H]1CCCP1CC(C)(C)P1[C@H](CC)CC[C@H]1CC. The molecule has 0 nitrogen and oxygen atoms in total. The van der Waals surface area contributed by atoms with Gasteiger partial charge in [-0.15, -0.1) is 7.92 Å². The zero-order valence-corrected chi connectivity index (χ0v) is 16.3. The van der Waals surface area contributed by atoms with Crippen LogP contribution in [-0.2, 0) is 0 Å². The minimum absolute atomic E-state index is 0.261. The third-order valence-electron chi connectivity index (χ3n) is 5.82. The smallest absolute Gasteiger partial charge is 0.0107 e. The lowest BCUT2D eigenvalue weighted by molar-refractivity contribution is 0.696. The van der Waals surface area contributed by atoms with Gasteiger partial charge in [0.1, 0.15) is 0 Å². The van der Waals surface area contributed by atoms with Crippen LogP contribution < -0.4 is 0 Å². The Morgan fingerprint density at radius 2 is 1.40 bits per heavy atom. The molecule has 2 saturated heterocycles. The Morgan fingerprint density at radius 3 is 1.90 bits per heavy atom. The molecule has 2 heteroatoms. The van der Waals surface area contributed by atoms with Crippen LogP contribution in [0.15, 0.2) is 0 Å². The summed E-state index contributed by atoms with van der Waals surface area (Å²) in [6.45, 7) is 12.6. The van der Waals surface area contributed by atoms with Gasteiger partial charge in [0.05, 0.1) is 0 Å². The van der Waals surface area contributed by atoms with Crippen molar-refractivity contribution in [2.75, 3.05) is 12.3 Å². The lowest BCUT2D eigenvalue weighted by Crippen LogP contribution is -2.29. The lowest BCUT2D eigenvalue weighted by Gasteiger charge is -2.42. The molecule has 0 aliphatic carbocycles. The van der Waals surface area contributed by atoms with Gasteiger partial charge in [-0.05, 0) is 79.4 Å². The highest BCUT2D eigenvalue weighted by molar-refractivity contribution is 7.64. The maximum atomic E-state index is 2.66. The van der Waals surface area contributed by atoms with E-state index in [1.54, 1.807) is 31.6 Å². The van der Waals surface area contributed by atoms with Gasteiger partial charge in [0, 0.05) is 0 Å². The molecule has 0 N–H and O–H groups in total. The summed E-state index contributed by atoms with van der Waals surface area (Å²) in [5.74, 6) is 0. The highest BCUT2D eigenvalue weighted by atomic mass is 31.1. The van der Waals surface area contributed by atoms with Crippen molar-refractivity contribution in [1.82, 2.24) is 0 Å². The Morgan fingerprint density at radius 1 is 0.850 bits per heavy atom. The molecular weight excluding hydrogens is 278 g/mol. The van der Waals surface area contributed by atoms with Crippen LogP contribution in [0.2, 0.25) is 0 Å². The van der Waals surface area contributed by atoms with Crippen molar-refractivity contribution >= 4 is 15.8 Å². The summed E-state index contributed by atoms with van der Waals surface area (Å²) >= 11 is 0. The monoisotopic (exact) mass is 314 g/mol. The van der Waals surface area contributed by atoms with Crippen LogP contribution in [0.25, 0.3) is 0 Å². The Kier molecular flexibility index (Phi) is 6.39. The normalized spacial score (nSPS) is 35.9. The molecule has 1 unspecified atom stereocenters. The molecule has 2 aliphatic heterocycles. The van der Waals surface area contributed by atoms with E-state index in [1.165, 1.54) is 25.7 Å². The van der Waals surface area contributed by atoms with Gasteiger partial charge in [-0.3, -0.25) is 0 Å². The summed E-state index contributed by atoms with van der Waals surface area (Å²) in [5, 5.41) is 0.663. The minimum atomic E-state index is 0.261. The lowest BCUT2D eigenvalue weighted by atomic mass is 10.1. The van der Waals surface area contributed by atoms with Crippen LogP contribution >= 0.6 is 15.8 Å². The fourth-order valence-electron chi connectivity index (χ4n) is 4.90. The second-order valence-electron chi connectivity index (χ2n) is 7.60. The number of hydrogen-bond donors (Lipinski definition) is 0. The predicted octanol–water partition coefficient (Wildman–Crippen LogP) is 6.65. The Balaban J connectivity index is 2.07. The highest BCUT2D eigenvalue weighted by Gasteiger charge is 2.44. The Bertz CT molecular complexity index is 288. The van der Waals surface area contributed by atoms with E-state index in [4.69, 9.17) is 0 Å². The molecule has 0 spiro atoms. The van der Waals surface area contributed by atoms with Gasteiger partial charge in [0.2, 0.25) is 0 Å². The van der Waals surface area contributed by atoms with Crippen molar-refractivity contribution in [2.45, 2.75) is 102 Å². The quantitative estimate of drug-likeness (QED) is 0.481. The largest absolute Gasteiger partial charge is 0.103 e. The van der Waals surface area contributed by atoms with Crippen LogP contribution in [0, 0.1) is 0 Å². The van der Waals surface area contributed by atoms with E-state index in [9.17, 15) is 0 Å². The number of rotatable bonds is 6. The predicted molar refractivity (Wildman–Crippen MR) is 98.4 cm³/mol. The van der Waals surface area contributed by atoms with Gasteiger partial charge < -0.3 is 0 Å². The van der Waals surface area contributed by atoms with Gasteiger partial charge in [-0.1, -0.05) is 42.5 Å². The maximum absolute atomic E-state index is 2.66. The van der Waals surface area contributed by atoms with E-state index in [-0.39, 0.29) is 7.92 Å². The average Bonchev–Trinajstić information content (AvgIpc) is 3.03. The second kappa shape index (κ2) is 7.42. The molecule has 20 heavy (non-hydrogen) atoms. The van der Waals surface area contributed by atoms with Crippen molar-refractivity contribution in [3.05, 3.63) is 0 Å². The van der Waals surface area contributed by atoms with Crippen molar-refractivity contribution in [3.8, 4) is 0 Å².